The van der Waals surface area contributed by atoms with Gasteiger partial charge in [-0.2, -0.15) is 0 Å². The Morgan fingerprint density at radius 3 is 1.27 bits per heavy atom. The van der Waals surface area contributed by atoms with E-state index in [9.17, 15) is 9.59 Å². The summed E-state index contributed by atoms with van der Waals surface area (Å²) in [6, 6.07) is 0. The number of rotatable bonds is 0. The van der Waals surface area contributed by atoms with E-state index in [2.05, 4.69) is 52.2 Å². The Hall–Kier alpha value is -1.06. The van der Waals surface area contributed by atoms with Crippen LogP contribution in [0.2, 0.25) is 0 Å². The molecule has 0 bridgehead atoms. The number of hydrogen-bond donors (Lipinski definition) is 2. The molecule has 0 unspecified atom stereocenters. The van der Waals surface area contributed by atoms with Gasteiger partial charge >= 0.3 is 0 Å². The summed E-state index contributed by atoms with van der Waals surface area (Å²) in [7, 11) is 0. The van der Waals surface area contributed by atoms with E-state index in [4.69, 9.17) is 0 Å². The smallest absolute Gasteiger partial charge is 0.220 e. The molecule has 0 aromatic heterocycles. The van der Waals surface area contributed by atoms with Crippen LogP contribution < -0.4 is 10.6 Å². The van der Waals surface area contributed by atoms with E-state index in [-0.39, 0.29) is 22.9 Å². The summed E-state index contributed by atoms with van der Waals surface area (Å²) in [5.41, 5.74) is 0.928. The molecule has 0 radical (unpaired) electrons. The van der Waals surface area contributed by atoms with Crippen molar-refractivity contribution < 1.29 is 9.59 Å². The molecule has 2 aliphatic heterocycles. The molecule has 2 heterocycles. The van der Waals surface area contributed by atoms with Gasteiger partial charge in [-0.1, -0.05) is 67.2 Å². The van der Waals surface area contributed by atoms with Gasteiger partial charge in [-0.25, -0.2) is 0 Å². The van der Waals surface area contributed by atoms with E-state index in [0.29, 0.717) is 22.7 Å². The third-order valence-electron chi connectivity index (χ3n) is 8.53. The summed E-state index contributed by atoms with van der Waals surface area (Å²) < 4.78 is 0. The van der Waals surface area contributed by atoms with Gasteiger partial charge in [0.25, 0.3) is 0 Å². The highest BCUT2D eigenvalue weighted by Crippen LogP contribution is 2.49. The molecule has 2 N–H and O–H groups in total. The fourth-order valence-corrected chi connectivity index (χ4v) is 7.38. The lowest BCUT2D eigenvalue weighted by Crippen LogP contribution is -2.54. The maximum Gasteiger partial charge on any atom is 0.220 e. The molecule has 0 aromatic rings. The van der Waals surface area contributed by atoms with Gasteiger partial charge in [-0.3, -0.25) is 9.59 Å². The summed E-state index contributed by atoms with van der Waals surface area (Å²) >= 11 is 0. The van der Waals surface area contributed by atoms with Gasteiger partial charge in [0.05, 0.1) is 0 Å². The lowest BCUT2D eigenvalue weighted by atomic mass is 9.61. The number of amides is 2. The minimum absolute atomic E-state index is 0.146. The zero-order valence-corrected chi connectivity index (χ0v) is 20.5. The molecule has 0 aromatic carbocycles. The summed E-state index contributed by atoms with van der Waals surface area (Å²) in [5, 5.41) is 6.57. The van der Waals surface area contributed by atoms with Crippen molar-refractivity contribution in [2.24, 2.45) is 22.7 Å². The van der Waals surface area contributed by atoms with Crippen LogP contribution >= 0.6 is 0 Å². The summed E-state index contributed by atoms with van der Waals surface area (Å²) in [4.78, 5) is 23.0. The van der Waals surface area contributed by atoms with Gasteiger partial charge < -0.3 is 10.6 Å². The summed E-state index contributed by atoms with van der Waals surface area (Å²) in [6.07, 6.45) is 13.8. The highest BCUT2D eigenvalue weighted by molar-refractivity contribution is 5.80. The van der Waals surface area contributed by atoms with Crippen LogP contribution in [-0.2, 0) is 9.59 Å². The molecule has 172 valence electrons. The fraction of sp³-hybridized carbons (Fsp3) is 0.923. The first-order valence-corrected chi connectivity index (χ1v) is 12.5. The van der Waals surface area contributed by atoms with Crippen molar-refractivity contribution >= 4 is 11.8 Å². The molecular formula is C26H46N2O2. The fourth-order valence-electron chi connectivity index (χ4n) is 7.38. The van der Waals surface area contributed by atoms with Crippen LogP contribution in [0.15, 0.2) is 0 Å². The number of carbonyl (C=O) groups excluding carboxylic acids is 2. The molecule has 2 spiro atoms. The lowest BCUT2D eigenvalue weighted by Gasteiger charge is -2.48. The molecular weight excluding hydrogens is 372 g/mol. The first-order chi connectivity index (χ1) is 13.9. The predicted molar refractivity (Wildman–Crippen MR) is 123 cm³/mol. The molecule has 2 amide bonds. The second kappa shape index (κ2) is 8.47. The van der Waals surface area contributed by atoms with Crippen LogP contribution in [0.4, 0.5) is 0 Å². The molecule has 2 saturated heterocycles. The van der Waals surface area contributed by atoms with Crippen molar-refractivity contribution in [1.82, 2.24) is 10.6 Å². The Morgan fingerprint density at radius 2 is 1.00 bits per heavy atom. The van der Waals surface area contributed by atoms with E-state index in [1.807, 2.05) is 0 Å². The van der Waals surface area contributed by atoms with E-state index >= 15 is 0 Å². The summed E-state index contributed by atoms with van der Waals surface area (Å²) in [6.45, 7) is 13.9. The van der Waals surface area contributed by atoms with Crippen LogP contribution in [0.25, 0.3) is 0 Å². The average molecular weight is 419 g/mol. The van der Waals surface area contributed by atoms with Crippen LogP contribution in [0, 0.1) is 22.7 Å². The van der Waals surface area contributed by atoms with Crippen LogP contribution in [0.1, 0.15) is 119 Å². The van der Waals surface area contributed by atoms with Crippen molar-refractivity contribution in [1.29, 1.82) is 0 Å². The molecule has 4 fully saturated rings. The van der Waals surface area contributed by atoms with Crippen molar-refractivity contribution in [2.75, 3.05) is 0 Å². The molecule has 4 rings (SSSR count). The average Bonchev–Trinajstić information content (AvgIpc) is 3.18. The second-order valence-electron chi connectivity index (χ2n) is 12.7. The predicted octanol–water partition coefficient (Wildman–Crippen LogP) is 5.74. The van der Waals surface area contributed by atoms with Crippen molar-refractivity contribution in [3.05, 3.63) is 0 Å². The SMILES string of the molecule is CC(C)(C)[C@@H]1CCCC[C@]12CCC(=O)N2.CC(C)(C)[C@H]1CCCC[C@@]12CCC(=O)N2. The van der Waals surface area contributed by atoms with Crippen molar-refractivity contribution in [3.8, 4) is 0 Å². The van der Waals surface area contributed by atoms with Gasteiger partial charge in [0, 0.05) is 23.9 Å². The van der Waals surface area contributed by atoms with Gasteiger partial charge in [0.15, 0.2) is 0 Å². The number of carbonyl (C=O) groups is 2. The Bertz CT molecular complexity index is 588. The molecule has 4 nitrogen and oxygen atoms in total. The van der Waals surface area contributed by atoms with Crippen molar-refractivity contribution in [3.63, 3.8) is 0 Å². The van der Waals surface area contributed by atoms with Gasteiger partial charge in [0.2, 0.25) is 11.8 Å². The Labute approximate surface area is 184 Å². The van der Waals surface area contributed by atoms with Gasteiger partial charge in [-0.15, -0.1) is 0 Å². The quantitative estimate of drug-likeness (QED) is 0.527. The molecule has 30 heavy (non-hydrogen) atoms. The van der Waals surface area contributed by atoms with E-state index < -0.39 is 0 Å². The van der Waals surface area contributed by atoms with Crippen LogP contribution in [-0.4, -0.2) is 22.9 Å². The minimum atomic E-state index is 0.146. The highest BCUT2D eigenvalue weighted by atomic mass is 16.2. The topological polar surface area (TPSA) is 58.2 Å². The standard InChI is InChI=1S/2C13H23NO/c2*1-12(2,3)10-6-4-5-8-13(10)9-7-11(15)14-13/h2*10H,4-9H2,1-3H3,(H,14,15)/t2*10-,13-/m10/s1. The minimum Gasteiger partial charge on any atom is -0.350 e. The maximum absolute atomic E-state index is 11.5. The second-order valence-corrected chi connectivity index (χ2v) is 12.7. The Kier molecular flexibility index (Phi) is 6.66. The molecule has 2 aliphatic carbocycles. The number of hydrogen-bond acceptors (Lipinski definition) is 2. The number of nitrogens with one attached hydrogen (secondary N) is 2. The van der Waals surface area contributed by atoms with E-state index in [1.165, 1.54) is 51.4 Å². The first kappa shape index (κ1) is 23.6. The van der Waals surface area contributed by atoms with E-state index in [0.717, 1.165) is 25.7 Å². The normalized spacial score (nSPS) is 37.0. The Balaban J connectivity index is 0.000000171. The van der Waals surface area contributed by atoms with Gasteiger partial charge in [0.1, 0.15) is 0 Å². The third-order valence-corrected chi connectivity index (χ3v) is 8.53. The third kappa shape index (κ3) is 4.88. The molecule has 4 aliphatic rings. The molecule has 4 atom stereocenters. The first-order valence-electron chi connectivity index (χ1n) is 12.5. The highest BCUT2D eigenvalue weighted by Gasteiger charge is 2.50. The van der Waals surface area contributed by atoms with Crippen molar-refractivity contribution in [2.45, 2.75) is 130 Å². The molecule has 4 heteroatoms. The molecule has 2 saturated carbocycles. The van der Waals surface area contributed by atoms with Crippen LogP contribution in [0.5, 0.6) is 0 Å². The van der Waals surface area contributed by atoms with E-state index in [1.54, 1.807) is 0 Å². The zero-order valence-electron chi connectivity index (χ0n) is 20.5. The Morgan fingerprint density at radius 1 is 0.633 bits per heavy atom. The largest absolute Gasteiger partial charge is 0.350 e. The van der Waals surface area contributed by atoms with Crippen LogP contribution in [0.3, 0.4) is 0 Å². The monoisotopic (exact) mass is 418 g/mol. The zero-order chi connectivity index (χ0) is 22.2. The van der Waals surface area contributed by atoms with Gasteiger partial charge in [-0.05, 0) is 61.2 Å². The summed E-state index contributed by atoms with van der Waals surface area (Å²) in [5.74, 6) is 1.85. The maximum atomic E-state index is 11.5. The lowest BCUT2D eigenvalue weighted by molar-refractivity contribution is -0.121.